The van der Waals surface area contributed by atoms with E-state index in [0.29, 0.717) is 32.1 Å². The summed E-state index contributed by atoms with van der Waals surface area (Å²) in [6, 6.07) is 6.27. The van der Waals surface area contributed by atoms with Gasteiger partial charge in [-0.15, -0.1) is 6.58 Å². The summed E-state index contributed by atoms with van der Waals surface area (Å²) < 4.78 is 0. The van der Waals surface area contributed by atoms with E-state index >= 15 is 0 Å². The van der Waals surface area contributed by atoms with Gasteiger partial charge in [-0.25, -0.2) is 4.79 Å². The van der Waals surface area contributed by atoms with E-state index in [1.165, 1.54) is 22.0 Å². The summed E-state index contributed by atoms with van der Waals surface area (Å²) in [5.74, 6) is -0.464. The van der Waals surface area contributed by atoms with Crippen molar-refractivity contribution in [3.05, 3.63) is 48.2 Å². The lowest BCUT2D eigenvalue weighted by Crippen LogP contribution is -2.48. The van der Waals surface area contributed by atoms with Crippen molar-refractivity contribution in [2.75, 3.05) is 19.6 Å². The molecule has 0 saturated heterocycles. The van der Waals surface area contributed by atoms with E-state index in [2.05, 4.69) is 51.5 Å². The lowest BCUT2D eigenvalue weighted by Gasteiger charge is -2.35. The Morgan fingerprint density at radius 1 is 1.32 bits per heavy atom. The monoisotopic (exact) mass is 382 g/mol. The van der Waals surface area contributed by atoms with Crippen LogP contribution in [0.1, 0.15) is 31.4 Å². The molecule has 6 nitrogen and oxygen atoms in total. The van der Waals surface area contributed by atoms with Gasteiger partial charge in [-0.2, -0.15) is 0 Å². The number of aromatic amines is 1. The molecule has 2 atom stereocenters. The van der Waals surface area contributed by atoms with Crippen molar-refractivity contribution >= 4 is 22.8 Å². The zero-order valence-corrected chi connectivity index (χ0v) is 16.8. The van der Waals surface area contributed by atoms with Gasteiger partial charge in [0.15, 0.2) is 0 Å². The molecule has 1 aliphatic rings. The van der Waals surface area contributed by atoms with Gasteiger partial charge in [0, 0.05) is 42.8 Å². The summed E-state index contributed by atoms with van der Waals surface area (Å²) in [6.45, 7) is 9.53. The zero-order valence-electron chi connectivity index (χ0n) is 16.8. The molecular formula is C22H30N4O2. The highest BCUT2D eigenvalue weighted by Gasteiger charge is 2.29. The molecule has 0 aliphatic heterocycles. The molecular weight excluding hydrogens is 352 g/mol. The van der Waals surface area contributed by atoms with E-state index in [4.69, 9.17) is 0 Å². The molecule has 0 spiro atoms. The molecule has 28 heavy (non-hydrogen) atoms. The van der Waals surface area contributed by atoms with E-state index in [1.54, 1.807) is 0 Å². The van der Waals surface area contributed by atoms with E-state index in [1.807, 2.05) is 19.9 Å². The number of urea groups is 1. The minimum Gasteiger partial charge on any atom is -0.361 e. The van der Waals surface area contributed by atoms with Crippen LogP contribution in [-0.4, -0.2) is 47.5 Å². The molecule has 3 N–H and O–H groups in total. The lowest BCUT2D eigenvalue weighted by molar-refractivity contribution is -0.124. The predicted octanol–water partition coefficient (Wildman–Crippen LogP) is 3.00. The molecule has 0 saturated carbocycles. The van der Waals surface area contributed by atoms with Crippen molar-refractivity contribution < 1.29 is 9.59 Å². The van der Waals surface area contributed by atoms with Crippen LogP contribution in [0.3, 0.4) is 0 Å². The van der Waals surface area contributed by atoms with Gasteiger partial charge in [-0.05, 0) is 43.4 Å². The topological polar surface area (TPSA) is 77.2 Å². The average molecular weight is 383 g/mol. The van der Waals surface area contributed by atoms with Gasteiger partial charge in [-0.1, -0.05) is 25.1 Å². The summed E-state index contributed by atoms with van der Waals surface area (Å²) in [7, 11) is 0. The quantitative estimate of drug-likeness (QED) is 0.614. The van der Waals surface area contributed by atoms with Crippen LogP contribution in [-0.2, 0) is 17.6 Å². The van der Waals surface area contributed by atoms with Crippen molar-refractivity contribution in [3.63, 3.8) is 0 Å². The van der Waals surface area contributed by atoms with Gasteiger partial charge in [-0.3, -0.25) is 15.0 Å². The Morgan fingerprint density at radius 2 is 2.11 bits per heavy atom. The second-order valence-corrected chi connectivity index (χ2v) is 7.41. The molecule has 6 heteroatoms. The fraction of sp³-hybridized carbons (Fsp3) is 0.455. The number of hydrogen-bond acceptors (Lipinski definition) is 3. The number of imide groups is 1. The molecule has 0 radical (unpaired) electrons. The maximum atomic E-state index is 12.6. The Labute approximate surface area is 166 Å². The van der Waals surface area contributed by atoms with Crippen LogP contribution in [0.15, 0.2) is 37.1 Å². The lowest BCUT2D eigenvalue weighted by atomic mass is 9.88. The fourth-order valence-corrected chi connectivity index (χ4v) is 4.14. The largest absolute Gasteiger partial charge is 0.361 e. The molecule has 3 amide bonds. The molecule has 1 aromatic carbocycles. The van der Waals surface area contributed by atoms with Crippen LogP contribution < -0.4 is 10.6 Å². The van der Waals surface area contributed by atoms with Crippen LogP contribution in [0.4, 0.5) is 4.79 Å². The summed E-state index contributed by atoms with van der Waals surface area (Å²) in [4.78, 5) is 30.0. The number of rotatable bonds is 8. The molecule has 0 unspecified atom stereocenters. The summed E-state index contributed by atoms with van der Waals surface area (Å²) in [6.07, 6.45) is 6.56. The highest BCUT2D eigenvalue weighted by Crippen LogP contribution is 2.31. The van der Waals surface area contributed by atoms with Crippen molar-refractivity contribution in [1.29, 1.82) is 0 Å². The van der Waals surface area contributed by atoms with Crippen LogP contribution in [0.5, 0.6) is 0 Å². The van der Waals surface area contributed by atoms with Crippen molar-refractivity contribution in [2.24, 2.45) is 5.92 Å². The van der Waals surface area contributed by atoms with Crippen molar-refractivity contribution in [3.8, 4) is 0 Å². The highest BCUT2D eigenvalue weighted by atomic mass is 16.2. The van der Waals surface area contributed by atoms with Crippen LogP contribution in [0.25, 0.3) is 10.9 Å². The molecule has 3 rings (SSSR count). The summed E-state index contributed by atoms with van der Waals surface area (Å²) in [5, 5.41) is 6.42. The Hall–Kier alpha value is -2.60. The molecule has 0 fully saturated rings. The SMILES string of the molecule is C=CCN(C[C@@H](CC)C(=O)NC(=O)NCC)[C@H]1Cc2cccc3[nH]cc(c23)C1. The number of hydrogen-bond donors (Lipinski definition) is 3. The minimum atomic E-state index is -0.428. The Bertz CT molecular complexity index is 857. The third-order valence-corrected chi connectivity index (χ3v) is 5.56. The van der Waals surface area contributed by atoms with Gasteiger partial charge in [0.1, 0.15) is 0 Å². The highest BCUT2D eigenvalue weighted by molar-refractivity contribution is 5.95. The van der Waals surface area contributed by atoms with E-state index in [-0.39, 0.29) is 11.8 Å². The minimum absolute atomic E-state index is 0.220. The maximum absolute atomic E-state index is 12.6. The van der Waals surface area contributed by atoms with Crippen molar-refractivity contribution in [1.82, 2.24) is 20.5 Å². The Morgan fingerprint density at radius 3 is 2.82 bits per heavy atom. The Kier molecular flexibility index (Phi) is 6.52. The number of benzene rings is 1. The number of carbonyl (C=O) groups is 2. The second kappa shape index (κ2) is 9.06. The molecule has 1 heterocycles. The first-order chi connectivity index (χ1) is 13.6. The number of nitrogens with one attached hydrogen (secondary N) is 3. The first-order valence-electron chi connectivity index (χ1n) is 10.1. The zero-order chi connectivity index (χ0) is 20.1. The Balaban J connectivity index is 1.73. The summed E-state index contributed by atoms with van der Waals surface area (Å²) >= 11 is 0. The van der Waals surface area contributed by atoms with Gasteiger partial charge >= 0.3 is 6.03 Å². The number of H-pyrrole nitrogens is 1. The van der Waals surface area contributed by atoms with E-state index in [0.717, 1.165) is 12.8 Å². The third kappa shape index (κ3) is 4.28. The molecule has 150 valence electrons. The van der Waals surface area contributed by atoms with E-state index in [9.17, 15) is 9.59 Å². The normalized spacial score (nSPS) is 16.8. The fourth-order valence-electron chi connectivity index (χ4n) is 4.14. The molecule has 1 aromatic heterocycles. The second-order valence-electron chi connectivity index (χ2n) is 7.41. The number of amides is 3. The average Bonchev–Trinajstić information content (AvgIpc) is 3.10. The number of aromatic nitrogens is 1. The molecule has 0 bridgehead atoms. The standard InChI is InChI=1S/C22H30N4O2/c1-4-10-26(14-15(5-2)21(27)25-22(28)23-6-3)18-11-16-8-7-9-19-20(16)17(12-18)13-24-19/h4,7-9,13,15,18,24H,1,5-6,10-12,14H2,2-3H3,(H2,23,25,27,28)/t15-,18+/m1/s1. The third-order valence-electron chi connectivity index (χ3n) is 5.56. The van der Waals surface area contributed by atoms with Crippen LogP contribution in [0.2, 0.25) is 0 Å². The number of nitrogens with zero attached hydrogens (tertiary/aromatic N) is 1. The van der Waals surface area contributed by atoms with Crippen LogP contribution >= 0.6 is 0 Å². The van der Waals surface area contributed by atoms with Crippen LogP contribution in [0, 0.1) is 5.92 Å². The molecule has 1 aliphatic carbocycles. The predicted molar refractivity (Wildman–Crippen MR) is 112 cm³/mol. The van der Waals surface area contributed by atoms with Gasteiger partial charge in [0.25, 0.3) is 0 Å². The smallest absolute Gasteiger partial charge is 0.321 e. The first kappa shape index (κ1) is 20.1. The van der Waals surface area contributed by atoms with Gasteiger partial charge < -0.3 is 10.3 Å². The van der Waals surface area contributed by atoms with Crippen molar-refractivity contribution in [2.45, 2.75) is 39.2 Å². The maximum Gasteiger partial charge on any atom is 0.321 e. The van der Waals surface area contributed by atoms with Gasteiger partial charge in [0.05, 0.1) is 5.92 Å². The number of carbonyl (C=O) groups excluding carboxylic acids is 2. The van der Waals surface area contributed by atoms with Gasteiger partial charge in [0.2, 0.25) is 5.91 Å². The molecule has 2 aromatic rings. The van der Waals surface area contributed by atoms with E-state index < -0.39 is 6.03 Å². The first-order valence-corrected chi connectivity index (χ1v) is 10.1. The summed E-state index contributed by atoms with van der Waals surface area (Å²) in [5.41, 5.74) is 3.86.